The highest BCUT2D eigenvalue weighted by Gasteiger charge is 2.45. The van der Waals surface area contributed by atoms with Crippen LogP contribution in [-0.2, 0) is 11.3 Å². The zero-order valence-electron chi connectivity index (χ0n) is 21.1. The highest BCUT2D eigenvalue weighted by atomic mass is 35.5. The first-order chi connectivity index (χ1) is 18.3. The Balaban J connectivity index is 1.46. The molecule has 1 aliphatic carbocycles. The van der Waals surface area contributed by atoms with E-state index in [2.05, 4.69) is 47.0 Å². The molecule has 2 N–H and O–H groups in total. The topological polar surface area (TPSA) is 87.9 Å². The number of hydrogen-bond donors (Lipinski definition) is 1. The molecule has 6 nitrogen and oxygen atoms in total. The number of Topliss-reactive ketones (excluding diaryl/α,β-unsaturated/α-hetero) is 1. The molecule has 38 heavy (non-hydrogen) atoms. The first kappa shape index (κ1) is 24.5. The van der Waals surface area contributed by atoms with Gasteiger partial charge in [-0.2, -0.15) is 5.26 Å². The molecule has 0 amide bonds. The van der Waals surface area contributed by atoms with Crippen LogP contribution in [0.5, 0.6) is 0 Å². The van der Waals surface area contributed by atoms with Gasteiger partial charge in [0.2, 0.25) is 0 Å². The fourth-order valence-electron chi connectivity index (χ4n) is 5.67. The van der Waals surface area contributed by atoms with Crippen molar-refractivity contribution in [2.24, 2.45) is 11.1 Å². The van der Waals surface area contributed by atoms with Gasteiger partial charge in [0.15, 0.2) is 5.78 Å². The van der Waals surface area contributed by atoms with Crippen LogP contribution in [0.1, 0.15) is 43.0 Å². The van der Waals surface area contributed by atoms with Crippen LogP contribution in [0.25, 0.3) is 11.0 Å². The monoisotopic (exact) mass is 539 g/mol. The number of rotatable bonds is 4. The van der Waals surface area contributed by atoms with Crippen LogP contribution < -0.4 is 10.6 Å². The lowest BCUT2D eigenvalue weighted by Crippen LogP contribution is -2.42. The van der Waals surface area contributed by atoms with Gasteiger partial charge < -0.3 is 10.3 Å². The second-order valence-corrected chi connectivity index (χ2v) is 12.1. The van der Waals surface area contributed by atoms with Crippen LogP contribution in [-0.4, -0.2) is 15.3 Å². The summed E-state index contributed by atoms with van der Waals surface area (Å²) in [7, 11) is 0. The van der Waals surface area contributed by atoms with Gasteiger partial charge in [-0.1, -0.05) is 43.6 Å². The number of aromatic nitrogens is 2. The summed E-state index contributed by atoms with van der Waals surface area (Å²) in [4.78, 5) is 21.1. The van der Waals surface area contributed by atoms with Gasteiger partial charge in [-0.3, -0.25) is 9.69 Å². The van der Waals surface area contributed by atoms with E-state index in [0.717, 1.165) is 32.9 Å². The fraction of sp³-hybridized carbons (Fsp3) is 0.233. The lowest BCUT2D eigenvalue weighted by Gasteiger charge is -2.43. The molecule has 0 fully saturated rings. The molecule has 0 spiro atoms. The highest BCUT2D eigenvalue weighted by molar-refractivity contribution is 7.10. The van der Waals surface area contributed by atoms with Crippen LogP contribution >= 0.6 is 22.9 Å². The van der Waals surface area contributed by atoms with E-state index in [1.165, 1.54) is 0 Å². The number of nitriles is 1. The number of nitrogens with two attached hydrogens (primary N) is 1. The molecule has 2 aromatic carbocycles. The molecule has 2 aliphatic rings. The summed E-state index contributed by atoms with van der Waals surface area (Å²) in [5, 5.41) is 13.0. The summed E-state index contributed by atoms with van der Waals surface area (Å²) in [6, 6.07) is 19.9. The lowest BCUT2D eigenvalue weighted by molar-refractivity contribution is -0.118. The summed E-state index contributed by atoms with van der Waals surface area (Å²) < 4.78 is 2.11. The van der Waals surface area contributed by atoms with Crippen molar-refractivity contribution < 1.29 is 4.79 Å². The summed E-state index contributed by atoms with van der Waals surface area (Å²) in [5.74, 6) is -0.0871. The van der Waals surface area contributed by atoms with E-state index in [1.807, 2.05) is 47.6 Å². The number of halogens is 1. The Morgan fingerprint density at radius 3 is 2.79 bits per heavy atom. The summed E-state index contributed by atoms with van der Waals surface area (Å²) >= 11 is 7.89. The van der Waals surface area contributed by atoms with Gasteiger partial charge in [0.25, 0.3) is 0 Å². The minimum absolute atomic E-state index is 0.0593. The normalized spacial score (nSPS) is 19.2. The number of anilines is 1. The molecule has 1 atom stereocenters. The number of nitrogens with zero attached hydrogens (tertiary/aromatic N) is 4. The van der Waals surface area contributed by atoms with E-state index >= 15 is 0 Å². The molecule has 190 valence electrons. The number of carbonyl (C=O) groups is 1. The van der Waals surface area contributed by atoms with E-state index in [4.69, 9.17) is 17.3 Å². The predicted molar refractivity (Wildman–Crippen MR) is 152 cm³/mol. The van der Waals surface area contributed by atoms with Gasteiger partial charge in [-0.15, -0.1) is 11.3 Å². The number of hydrogen-bond acceptors (Lipinski definition) is 6. The quantitative estimate of drug-likeness (QED) is 0.310. The van der Waals surface area contributed by atoms with Gasteiger partial charge >= 0.3 is 0 Å². The van der Waals surface area contributed by atoms with Crippen molar-refractivity contribution in [3.05, 3.63) is 104 Å². The van der Waals surface area contributed by atoms with Crippen molar-refractivity contribution in [1.82, 2.24) is 9.55 Å². The number of imidazole rings is 1. The molecule has 1 aliphatic heterocycles. The second-order valence-electron chi connectivity index (χ2n) is 10.7. The van der Waals surface area contributed by atoms with Crippen molar-refractivity contribution in [3.8, 4) is 6.07 Å². The van der Waals surface area contributed by atoms with Crippen LogP contribution in [0.2, 0.25) is 5.02 Å². The number of fused-ring (bicyclic) bond motifs is 1. The lowest BCUT2D eigenvalue weighted by atomic mass is 9.69. The standard InChI is InChI=1S/C30H26ClN5OS/c1-30(2)12-24-28(25(37)13-30)27(21(14-32)29(33)36(24)20-7-5-6-19(31)11-20)26-10-18(16-38-26)15-35-17-34-22-8-3-4-9-23(22)35/h3-11,16-17,27H,12-13,15,33H2,1-2H3. The van der Waals surface area contributed by atoms with Crippen molar-refractivity contribution in [1.29, 1.82) is 5.26 Å². The highest BCUT2D eigenvalue weighted by Crippen LogP contribution is 2.51. The predicted octanol–water partition coefficient (Wildman–Crippen LogP) is 6.74. The Hall–Kier alpha value is -3.86. The third kappa shape index (κ3) is 4.10. The maximum Gasteiger partial charge on any atom is 0.162 e. The zero-order valence-corrected chi connectivity index (χ0v) is 22.7. The summed E-state index contributed by atoms with van der Waals surface area (Å²) in [6.07, 6.45) is 2.93. The molecule has 2 aromatic heterocycles. The van der Waals surface area contributed by atoms with Crippen LogP contribution in [0.3, 0.4) is 0 Å². The first-order valence-corrected chi connectivity index (χ1v) is 13.7. The van der Waals surface area contributed by atoms with Gasteiger partial charge in [0, 0.05) is 39.8 Å². The number of ketones is 1. The van der Waals surface area contributed by atoms with Gasteiger partial charge in [-0.05, 0) is 59.2 Å². The second kappa shape index (κ2) is 9.16. The number of thiophene rings is 1. The Kier molecular flexibility index (Phi) is 5.90. The molecule has 8 heteroatoms. The molecule has 0 saturated heterocycles. The Morgan fingerprint density at radius 2 is 2.00 bits per heavy atom. The summed E-state index contributed by atoms with van der Waals surface area (Å²) in [6.45, 7) is 4.84. The van der Waals surface area contributed by atoms with E-state index in [0.29, 0.717) is 41.4 Å². The van der Waals surface area contributed by atoms with Crippen molar-refractivity contribution in [2.45, 2.75) is 39.2 Å². The van der Waals surface area contributed by atoms with Crippen LogP contribution in [0.15, 0.2) is 89.0 Å². The van der Waals surface area contributed by atoms with E-state index in [1.54, 1.807) is 17.4 Å². The molecule has 6 rings (SSSR count). The Morgan fingerprint density at radius 1 is 1.18 bits per heavy atom. The largest absolute Gasteiger partial charge is 0.384 e. The minimum atomic E-state index is -0.493. The summed E-state index contributed by atoms with van der Waals surface area (Å²) in [5.41, 5.74) is 12.3. The fourth-order valence-corrected chi connectivity index (χ4v) is 6.87. The van der Waals surface area contributed by atoms with Crippen molar-refractivity contribution in [3.63, 3.8) is 0 Å². The van der Waals surface area contributed by atoms with Gasteiger partial charge in [0.05, 0.1) is 34.9 Å². The SMILES string of the molecule is CC1(C)CC(=O)C2=C(C1)N(c1cccc(Cl)c1)C(N)=C(C#N)C2c1cc(Cn2cnc3ccccc32)cs1. The van der Waals surface area contributed by atoms with Gasteiger partial charge in [-0.25, -0.2) is 4.98 Å². The number of benzene rings is 2. The van der Waals surface area contributed by atoms with Crippen LogP contribution in [0.4, 0.5) is 5.69 Å². The third-order valence-corrected chi connectivity index (χ3v) is 8.57. The van der Waals surface area contributed by atoms with Crippen LogP contribution in [0, 0.1) is 16.7 Å². The van der Waals surface area contributed by atoms with Crippen molar-refractivity contribution >= 4 is 45.4 Å². The first-order valence-electron chi connectivity index (χ1n) is 12.4. The average molecular weight is 540 g/mol. The van der Waals surface area contributed by atoms with Crippen molar-refractivity contribution in [2.75, 3.05) is 4.90 Å². The number of allylic oxidation sites excluding steroid dienone is 3. The van der Waals surface area contributed by atoms with Gasteiger partial charge in [0.1, 0.15) is 5.82 Å². The van der Waals surface area contributed by atoms with E-state index in [9.17, 15) is 10.1 Å². The molecule has 4 aromatic rings. The molecular weight excluding hydrogens is 514 g/mol. The molecule has 0 radical (unpaired) electrons. The Labute approximate surface area is 230 Å². The molecule has 0 saturated carbocycles. The number of para-hydroxylation sites is 2. The Bertz CT molecular complexity index is 1700. The average Bonchev–Trinajstić information content (AvgIpc) is 3.50. The maximum absolute atomic E-state index is 13.8. The molecule has 1 unspecified atom stereocenters. The molecular formula is C30H26ClN5OS. The maximum atomic E-state index is 13.8. The third-order valence-electron chi connectivity index (χ3n) is 7.29. The molecule has 0 bridgehead atoms. The zero-order chi connectivity index (χ0) is 26.6. The minimum Gasteiger partial charge on any atom is -0.384 e. The van der Waals surface area contributed by atoms with E-state index < -0.39 is 5.92 Å². The van der Waals surface area contributed by atoms with E-state index in [-0.39, 0.29) is 11.2 Å². The number of carbonyl (C=O) groups excluding carboxylic acids is 1. The molecule has 3 heterocycles. The smallest absolute Gasteiger partial charge is 0.162 e.